The Morgan fingerprint density at radius 3 is 2.56 bits per heavy atom. The van der Waals surface area contributed by atoms with Gasteiger partial charge in [-0.05, 0) is 55.8 Å². The smallest absolute Gasteiger partial charge is 0.275 e. The molecule has 0 bridgehead atoms. The van der Waals surface area contributed by atoms with Crippen LogP contribution in [-0.2, 0) is 13.1 Å². The predicted molar refractivity (Wildman–Crippen MR) is 132 cm³/mol. The van der Waals surface area contributed by atoms with Crippen LogP contribution in [0.2, 0.25) is 0 Å². The molecule has 0 radical (unpaired) electrons. The SMILES string of the molecule is CCOc1ccc(-c2nc(Cn3nnc(C(=O)NCc4ccc(OC)c(OC)c4)c3N)c(C)o2)cc1. The van der Waals surface area contributed by atoms with Crippen molar-refractivity contribution in [3.63, 3.8) is 0 Å². The molecule has 0 atom stereocenters. The van der Waals surface area contributed by atoms with Crippen molar-refractivity contribution in [3.8, 4) is 28.7 Å². The lowest BCUT2D eigenvalue weighted by atomic mass is 10.2. The summed E-state index contributed by atoms with van der Waals surface area (Å²) in [6.07, 6.45) is 0. The molecule has 11 heteroatoms. The summed E-state index contributed by atoms with van der Waals surface area (Å²) in [7, 11) is 3.11. The van der Waals surface area contributed by atoms with Gasteiger partial charge >= 0.3 is 0 Å². The molecule has 11 nitrogen and oxygen atoms in total. The highest BCUT2D eigenvalue weighted by molar-refractivity contribution is 5.96. The van der Waals surface area contributed by atoms with Crippen molar-refractivity contribution < 1.29 is 23.4 Å². The molecule has 3 N–H and O–H groups in total. The molecule has 2 aromatic heterocycles. The number of hydrogen-bond donors (Lipinski definition) is 2. The highest BCUT2D eigenvalue weighted by Crippen LogP contribution is 2.28. The Hall–Kier alpha value is -4.54. The highest BCUT2D eigenvalue weighted by Gasteiger charge is 2.20. The van der Waals surface area contributed by atoms with Crippen molar-refractivity contribution in [2.75, 3.05) is 26.6 Å². The van der Waals surface area contributed by atoms with Gasteiger partial charge in [0.05, 0.1) is 27.4 Å². The van der Waals surface area contributed by atoms with Gasteiger partial charge in [0.1, 0.15) is 17.2 Å². The number of carbonyl (C=O) groups excluding carboxylic acids is 1. The average molecular weight is 493 g/mol. The third kappa shape index (κ3) is 5.24. The summed E-state index contributed by atoms with van der Waals surface area (Å²) in [6, 6.07) is 12.9. The number of nitrogens with two attached hydrogens (primary N) is 1. The van der Waals surface area contributed by atoms with E-state index in [0.717, 1.165) is 16.9 Å². The van der Waals surface area contributed by atoms with E-state index in [1.165, 1.54) is 4.68 Å². The van der Waals surface area contributed by atoms with Crippen molar-refractivity contribution in [2.24, 2.45) is 0 Å². The monoisotopic (exact) mass is 492 g/mol. The van der Waals surface area contributed by atoms with Crippen LogP contribution in [0.3, 0.4) is 0 Å². The summed E-state index contributed by atoms with van der Waals surface area (Å²) in [5.74, 6) is 2.73. The van der Waals surface area contributed by atoms with Gasteiger partial charge < -0.3 is 29.7 Å². The maximum absolute atomic E-state index is 12.7. The Kier molecular flexibility index (Phi) is 7.38. The molecule has 0 fully saturated rings. The third-order valence-electron chi connectivity index (χ3n) is 5.49. The maximum atomic E-state index is 12.7. The quantitative estimate of drug-likeness (QED) is 0.341. The summed E-state index contributed by atoms with van der Waals surface area (Å²) in [5, 5.41) is 10.8. The van der Waals surface area contributed by atoms with E-state index in [1.807, 2.05) is 44.2 Å². The zero-order valence-electron chi connectivity index (χ0n) is 20.6. The summed E-state index contributed by atoms with van der Waals surface area (Å²) in [6.45, 7) is 4.79. The Morgan fingerprint density at radius 1 is 1.11 bits per heavy atom. The molecule has 0 aliphatic carbocycles. The number of aromatic nitrogens is 4. The number of anilines is 1. The van der Waals surface area contributed by atoms with Crippen LogP contribution >= 0.6 is 0 Å². The molecule has 2 heterocycles. The van der Waals surface area contributed by atoms with Crippen LogP contribution in [0.4, 0.5) is 5.82 Å². The molecule has 0 saturated carbocycles. The number of ether oxygens (including phenoxy) is 3. The van der Waals surface area contributed by atoms with E-state index >= 15 is 0 Å². The number of hydrogen-bond acceptors (Lipinski definition) is 9. The third-order valence-corrected chi connectivity index (χ3v) is 5.49. The van der Waals surface area contributed by atoms with Crippen molar-refractivity contribution in [2.45, 2.75) is 26.9 Å². The number of methoxy groups -OCH3 is 2. The van der Waals surface area contributed by atoms with Gasteiger partial charge in [0.15, 0.2) is 23.0 Å². The lowest BCUT2D eigenvalue weighted by Gasteiger charge is -2.10. The van der Waals surface area contributed by atoms with Crippen LogP contribution in [0.15, 0.2) is 46.9 Å². The lowest BCUT2D eigenvalue weighted by molar-refractivity contribution is 0.0946. The summed E-state index contributed by atoms with van der Waals surface area (Å²) in [5.41, 5.74) is 8.49. The normalized spacial score (nSPS) is 10.8. The summed E-state index contributed by atoms with van der Waals surface area (Å²) < 4.78 is 23.3. The zero-order valence-corrected chi connectivity index (χ0v) is 20.6. The van der Waals surface area contributed by atoms with Crippen LogP contribution in [0, 0.1) is 6.92 Å². The Bertz CT molecular complexity index is 1350. The number of carbonyl (C=O) groups is 1. The van der Waals surface area contributed by atoms with E-state index in [1.54, 1.807) is 26.4 Å². The molecule has 2 aromatic carbocycles. The predicted octanol–water partition coefficient (Wildman–Crippen LogP) is 3.22. The minimum absolute atomic E-state index is 0.0309. The Morgan fingerprint density at radius 2 is 1.86 bits per heavy atom. The van der Waals surface area contributed by atoms with Gasteiger partial charge in [-0.1, -0.05) is 11.3 Å². The maximum Gasteiger partial charge on any atom is 0.275 e. The van der Waals surface area contributed by atoms with Crippen LogP contribution in [0.5, 0.6) is 17.2 Å². The molecule has 0 unspecified atom stereocenters. The van der Waals surface area contributed by atoms with Gasteiger partial charge in [-0.15, -0.1) is 5.10 Å². The molecule has 0 spiro atoms. The number of aryl methyl sites for hydroxylation is 1. The second kappa shape index (κ2) is 10.8. The number of rotatable bonds is 10. The number of oxazole rings is 1. The zero-order chi connectivity index (χ0) is 25.7. The molecule has 1 amide bonds. The van der Waals surface area contributed by atoms with Crippen molar-refractivity contribution in [1.82, 2.24) is 25.3 Å². The minimum Gasteiger partial charge on any atom is -0.494 e. The average Bonchev–Trinajstić information content (AvgIpc) is 3.45. The van der Waals surface area contributed by atoms with Gasteiger partial charge in [-0.3, -0.25) is 4.79 Å². The molecular formula is C25H28N6O5. The second-order valence-corrected chi connectivity index (χ2v) is 7.83. The second-order valence-electron chi connectivity index (χ2n) is 7.83. The van der Waals surface area contributed by atoms with Crippen LogP contribution < -0.4 is 25.3 Å². The first kappa shape index (κ1) is 24.6. The first-order valence-electron chi connectivity index (χ1n) is 11.3. The molecule has 4 rings (SSSR count). The van der Waals surface area contributed by atoms with Crippen molar-refractivity contribution in [3.05, 3.63) is 65.2 Å². The molecule has 4 aromatic rings. The molecule has 0 aliphatic heterocycles. The minimum atomic E-state index is -0.444. The van der Waals surface area contributed by atoms with Gasteiger partial charge in [0.2, 0.25) is 5.89 Å². The fourth-order valence-corrected chi connectivity index (χ4v) is 3.56. The van der Waals surface area contributed by atoms with E-state index in [2.05, 4.69) is 20.6 Å². The van der Waals surface area contributed by atoms with Crippen molar-refractivity contribution in [1.29, 1.82) is 0 Å². The standard InChI is InChI=1S/C25H28N6O5/c1-5-35-18-9-7-17(8-10-18)25-28-19(15(2)36-25)14-31-23(26)22(29-30-31)24(32)27-13-16-6-11-20(33-3)21(12-16)34-4/h6-12H,5,13-14,26H2,1-4H3,(H,27,32). The molecular weight excluding hydrogens is 464 g/mol. The fraction of sp³-hybridized carbons (Fsp3) is 0.280. The number of nitrogen functional groups attached to an aromatic ring is 1. The topological polar surface area (TPSA) is 140 Å². The van der Waals surface area contributed by atoms with E-state index in [-0.39, 0.29) is 24.6 Å². The lowest BCUT2D eigenvalue weighted by Crippen LogP contribution is -2.24. The summed E-state index contributed by atoms with van der Waals surface area (Å²) >= 11 is 0. The fourth-order valence-electron chi connectivity index (χ4n) is 3.56. The van der Waals surface area contributed by atoms with Gasteiger partial charge in [-0.25, -0.2) is 9.67 Å². The number of amides is 1. The largest absolute Gasteiger partial charge is 0.494 e. The molecule has 0 saturated heterocycles. The Balaban J connectivity index is 1.43. The van der Waals surface area contributed by atoms with Crippen LogP contribution in [0.25, 0.3) is 11.5 Å². The van der Waals surface area contributed by atoms with Crippen molar-refractivity contribution >= 4 is 11.7 Å². The summed E-state index contributed by atoms with van der Waals surface area (Å²) in [4.78, 5) is 17.3. The van der Waals surface area contributed by atoms with Gasteiger partial charge in [0.25, 0.3) is 5.91 Å². The van der Waals surface area contributed by atoms with E-state index in [4.69, 9.17) is 24.4 Å². The van der Waals surface area contributed by atoms with E-state index < -0.39 is 5.91 Å². The van der Waals surface area contributed by atoms with Gasteiger partial charge in [-0.2, -0.15) is 0 Å². The molecule has 0 aliphatic rings. The van der Waals surface area contributed by atoms with Gasteiger partial charge in [0, 0.05) is 12.1 Å². The number of benzene rings is 2. The Labute approximate surface area is 208 Å². The van der Waals surface area contributed by atoms with Crippen LogP contribution in [-0.4, -0.2) is 46.7 Å². The van der Waals surface area contributed by atoms with E-state index in [0.29, 0.717) is 35.5 Å². The van der Waals surface area contributed by atoms with E-state index in [9.17, 15) is 4.79 Å². The first-order valence-corrected chi connectivity index (χ1v) is 11.3. The number of nitrogens with one attached hydrogen (secondary N) is 1. The van der Waals surface area contributed by atoms with Crippen LogP contribution in [0.1, 0.15) is 34.4 Å². The first-order chi connectivity index (χ1) is 17.4. The number of nitrogens with zero attached hydrogens (tertiary/aromatic N) is 4. The highest BCUT2D eigenvalue weighted by atomic mass is 16.5. The molecule has 188 valence electrons. The molecule has 36 heavy (non-hydrogen) atoms.